The lowest BCUT2D eigenvalue weighted by molar-refractivity contribution is -0.142. The van der Waals surface area contributed by atoms with E-state index in [1.807, 2.05) is 0 Å². The van der Waals surface area contributed by atoms with Crippen LogP contribution in [0.5, 0.6) is 5.75 Å². The molecule has 140 valence electrons. The van der Waals surface area contributed by atoms with Gasteiger partial charge in [0.15, 0.2) is 0 Å². The van der Waals surface area contributed by atoms with Crippen LogP contribution in [-0.2, 0) is 9.59 Å². The van der Waals surface area contributed by atoms with Gasteiger partial charge in [0.25, 0.3) is 5.91 Å². The SMILES string of the molecule is O=C(NC1C(=O)N(c2ccccc2)CC1C(=O)O)Oc1ccc(Cl)c(Cl)c1. The largest absolute Gasteiger partial charge is 0.481 e. The molecule has 2 aromatic rings. The molecule has 0 saturated carbocycles. The number of carbonyl (C=O) groups is 3. The van der Waals surface area contributed by atoms with Gasteiger partial charge in [-0.3, -0.25) is 9.59 Å². The van der Waals surface area contributed by atoms with Crippen LogP contribution in [0.15, 0.2) is 48.5 Å². The molecule has 2 unspecified atom stereocenters. The number of aliphatic carboxylic acids is 1. The lowest BCUT2D eigenvalue weighted by atomic mass is 10.0. The molecule has 2 aromatic carbocycles. The molecule has 1 fully saturated rings. The Bertz CT molecular complexity index is 891. The number of hydrogen-bond acceptors (Lipinski definition) is 4. The number of nitrogens with zero attached hydrogens (tertiary/aromatic N) is 1. The third-order valence-corrected chi connectivity index (χ3v) is 4.81. The van der Waals surface area contributed by atoms with Crippen molar-refractivity contribution in [3.63, 3.8) is 0 Å². The van der Waals surface area contributed by atoms with Crippen molar-refractivity contribution >= 4 is 46.9 Å². The first-order chi connectivity index (χ1) is 12.9. The summed E-state index contributed by atoms with van der Waals surface area (Å²) in [4.78, 5) is 37.7. The average molecular weight is 409 g/mol. The molecule has 27 heavy (non-hydrogen) atoms. The second-order valence-corrected chi connectivity index (χ2v) is 6.63. The fourth-order valence-corrected chi connectivity index (χ4v) is 3.05. The van der Waals surface area contributed by atoms with E-state index in [9.17, 15) is 19.5 Å². The molecular weight excluding hydrogens is 395 g/mol. The molecule has 1 heterocycles. The maximum atomic E-state index is 12.7. The number of benzene rings is 2. The van der Waals surface area contributed by atoms with Gasteiger partial charge in [0.05, 0.1) is 10.0 Å². The predicted octanol–water partition coefficient (Wildman–Crippen LogP) is 3.20. The summed E-state index contributed by atoms with van der Waals surface area (Å²) in [7, 11) is 0. The molecule has 0 bridgehead atoms. The molecule has 0 aliphatic carbocycles. The number of carboxylic acids is 1. The number of ether oxygens (including phenoxy) is 1. The summed E-state index contributed by atoms with van der Waals surface area (Å²) in [5.74, 6) is -2.72. The minimum Gasteiger partial charge on any atom is -0.481 e. The first-order valence-electron chi connectivity index (χ1n) is 7.89. The zero-order valence-electron chi connectivity index (χ0n) is 13.8. The predicted molar refractivity (Wildman–Crippen MR) is 99.3 cm³/mol. The summed E-state index contributed by atoms with van der Waals surface area (Å²) in [6.07, 6.45) is -0.965. The molecule has 0 spiro atoms. The van der Waals surface area contributed by atoms with E-state index >= 15 is 0 Å². The number of anilines is 1. The highest BCUT2D eigenvalue weighted by molar-refractivity contribution is 6.42. The highest BCUT2D eigenvalue weighted by atomic mass is 35.5. The van der Waals surface area contributed by atoms with E-state index in [-0.39, 0.29) is 17.3 Å². The van der Waals surface area contributed by atoms with Crippen molar-refractivity contribution in [1.82, 2.24) is 5.32 Å². The van der Waals surface area contributed by atoms with Crippen molar-refractivity contribution in [1.29, 1.82) is 0 Å². The van der Waals surface area contributed by atoms with Gasteiger partial charge in [0.1, 0.15) is 17.7 Å². The van der Waals surface area contributed by atoms with Gasteiger partial charge in [0.2, 0.25) is 0 Å². The van der Waals surface area contributed by atoms with Crippen molar-refractivity contribution in [2.24, 2.45) is 5.92 Å². The molecule has 1 saturated heterocycles. The number of carbonyl (C=O) groups excluding carboxylic acids is 2. The number of nitrogens with one attached hydrogen (secondary N) is 1. The Balaban J connectivity index is 1.75. The van der Waals surface area contributed by atoms with Gasteiger partial charge in [-0.05, 0) is 24.3 Å². The van der Waals surface area contributed by atoms with Crippen LogP contribution in [0.1, 0.15) is 0 Å². The second kappa shape index (κ2) is 7.85. The lowest BCUT2D eigenvalue weighted by Crippen LogP contribution is -2.47. The van der Waals surface area contributed by atoms with Gasteiger partial charge in [-0.15, -0.1) is 0 Å². The van der Waals surface area contributed by atoms with Gasteiger partial charge in [-0.1, -0.05) is 41.4 Å². The van der Waals surface area contributed by atoms with Crippen LogP contribution in [-0.4, -0.2) is 35.7 Å². The Morgan fingerprint density at radius 2 is 1.81 bits per heavy atom. The summed E-state index contributed by atoms with van der Waals surface area (Å²) in [5, 5.41) is 12.2. The van der Waals surface area contributed by atoms with E-state index in [0.29, 0.717) is 10.7 Å². The number of carboxylic acid groups (broad SMARTS) is 1. The van der Waals surface area contributed by atoms with Crippen molar-refractivity contribution in [2.75, 3.05) is 11.4 Å². The van der Waals surface area contributed by atoms with Crippen molar-refractivity contribution in [2.45, 2.75) is 6.04 Å². The Morgan fingerprint density at radius 3 is 2.44 bits per heavy atom. The molecular formula is C18H14Cl2N2O5. The van der Waals surface area contributed by atoms with E-state index in [0.717, 1.165) is 0 Å². The fourth-order valence-electron chi connectivity index (χ4n) is 2.76. The summed E-state index contributed by atoms with van der Waals surface area (Å²) >= 11 is 11.7. The summed E-state index contributed by atoms with van der Waals surface area (Å²) in [5.41, 5.74) is 0.552. The van der Waals surface area contributed by atoms with Crippen molar-refractivity contribution in [3.05, 3.63) is 58.6 Å². The smallest absolute Gasteiger partial charge is 0.413 e. The van der Waals surface area contributed by atoms with Crippen LogP contribution in [0, 0.1) is 5.92 Å². The Kier molecular flexibility index (Phi) is 5.53. The molecule has 0 radical (unpaired) electrons. The van der Waals surface area contributed by atoms with E-state index < -0.39 is 29.9 Å². The molecule has 0 aromatic heterocycles. The van der Waals surface area contributed by atoms with Gasteiger partial charge in [-0.2, -0.15) is 0 Å². The van der Waals surface area contributed by atoms with Gasteiger partial charge in [0, 0.05) is 18.3 Å². The molecule has 2 amide bonds. The van der Waals surface area contributed by atoms with Gasteiger partial charge >= 0.3 is 12.1 Å². The normalized spacial score (nSPS) is 19.0. The number of rotatable bonds is 4. The zero-order valence-corrected chi connectivity index (χ0v) is 15.3. The standard InChI is InChI=1S/C18H14Cl2N2O5/c19-13-7-6-11(8-14(13)20)27-18(26)21-15-12(17(24)25)9-22(16(15)23)10-4-2-1-3-5-10/h1-8,12,15H,9H2,(H,21,26)(H,24,25). The van der Waals surface area contributed by atoms with Gasteiger partial charge in [-0.25, -0.2) is 4.79 Å². The van der Waals surface area contributed by atoms with Crippen molar-refractivity contribution in [3.8, 4) is 5.75 Å². The second-order valence-electron chi connectivity index (χ2n) is 5.82. The minimum atomic E-state index is -1.25. The molecule has 9 heteroatoms. The summed E-state index contributed by atoms with van der Waals surface area (Å²) in [6, 6.07) is 11.6. The third-order valence-electron chi connectivity index (χ3n) is 4.07. The molecule has 3 rings (SSSR count). The van der Waals surface area contributed by atoms with Crippen LogP contribution >= 0.6 is 23.2 Å². The highest BCUT2D eigenvalue weighted by Gasteiger charge is 2.46. The number of hydrogen-bond donors (Lipinski definition) is 2. The van der Waals surface area contributed by atoms with E-state index in [1.54, 1.807) is 30.3 Å². The van der Waals surface area contributed by atoms with Crippen molar-refractivity contribution < 1.29 is 24.2 Å². The van der Waals surface area contributed by atoms with Crippen LogP contribution < -0.4 is 15.0 Å². The van der Waals surface area contributed by atoms with Crippen LogP contribution in [0.25, 0.3) is 0 Å². The zero-order chi connectivity index (χ0) is 19.6. The topological polar surface area (TPSA) is 95.9 Å². The van der Waals surface area contributed by atoms with E-state index in [2.05, 4.69) is 5.32 Å². The van der Waals surface area contributed by atoms with E-state index in [1.165, 1.54) is 23.1 Å². The monoisotopic (exact) mass is 408 g/mol. The van der Waals surface area contributed by atoms with Crippen LogP contribution in [0.3, 0.4) is 0 Å². The number of amides is 2. The Morgan fingerprint density at radius 1 is 1.11 bits per heavy atom. The fraction of sp³-hybridized carbons (Fsp3) is 0.167. The van der Waals surface area contributed by atoms with Crippen LogP contribution in [0.4, 0.5) is 10.5 Å². The summed E-state index contributed by atoms with van der Waals surface area (Å²) < 4.78 is 5.07. The minimum absolute atomic E-state index is 0.0596. The molecule has 1 aliphatic heterocycles. The first kappa shape index (κ1) is 19.0. The summed E-state index contributed by atoms with van der Waals surface area (Å²) in [6.45, 7) is -0.0596. The average Bonchev–Trinajstić information content (AvgIpc) is 2.96. The molecule has 1 aliphatic rings. The van der Waals surface area contributed by atoms with E-state index in [4.69, 9.17) is 27.9 Å². The number of halogens is 2. The Hall–Kier alpha value is -2.77. The van der Waals surface area contributed by atoms with Gasteiger partial charge < -0.3 is 20.1 Å². The number of para-hydroxylation sites is 1. The maximum absolute atomic E-state index is 12.7. The molecule has 2 N–H and O–H groups in total. The first-order valence-corrected chi connectivity index (χ1v) is 8.65. The lowest BCUT2D eigenvalue weighted by Gasteiger charge is -2.17. The quantitative estimate of drug-likeness (QED) is 0.809. The highest BCUT2D eigenvalue weighted by Crippen LogP contribution is 2.28. The third kappa shape index (κ3) is 4.15. The molecule has 7 nitrogen and oxygen atoms in total. The Labute approximate surface area is 164 Å². The molecule has 2 atom stereocenters. The van der Waals surface area contributed by atoms with Crippen LogP contribution in [0.2, 0.25) is 10.0 Å². The maximum Gasteiger partial charge on any atom is 0.413 e.